The number of nitrogens with one attached hydrogen (secondary N) is 1. The van der Waals surface area contributed by atoms with E-state index in [1.165, 1.54) is 17.4 Å². The van der Waals surface area contributed by atoms with Crippen molar-refractivity contribution in [2.24, 2.45) is 0 Å². The van der Waals surface area contributed by atoms with Crippen molar-refractivity contribution < 1.29 is 18.0 Å². The zero-order valence-electron chi connectivity index (χ0n) is 21.2. The lowest BCUT2D eigenvalue weighted by molar-refractivity contribution is -0.140. The van der Waals surface area contributed by atoms with Gasteiger partial charge in [-0.1, -0.05) is 73.7 Å². The summed E-state index contributed by atoms with van der Waals surface area (Å²) in [5.74, 6) is -0.647. The highest BCUT2D eigenvalue weighted by Gasteiger charge is 2.32. The molecule has 0 heterocycles. The van der Waals surface area contributed by atoms with Gasteiger partial charge in [0.05, 0.1) is 11.9 Å². The third-order valence-corrected chi connectivity index (χ3v) is 7.92. The van der Waals surface area contributed by atoms with E-state index in [2.05, 4.69) is 5.32 Å². The molecule has 2 amide bonds. The fourth-order valence-electron chi connectivity index (χ4n) is 4.72. The van der Waals surface area contributed by atoms with Gasteiger partial charge in [0, 0.05) is 17.6 Å². The van der Waals surface area contributed by atoms with Crippen LogP contribution in [0.5, 0.6) is 0 Å². The summed E-state index contributed by atoms with van der Waals surface area (Å²) in [7, 11) is -3.79. The molecule has 9 heteroatoms. The van der Waals surface area contributed by atoms with Crippen molar-refractivity contribution >= 4 is 39.1 Å². The summed E-state index contributed by atoms with van der Waals surface area (Å²) in [6.07, 6.45) is 6.67. The molecule has 1 atom stereocenters. The van der Waals surface area contributed by atoms with Gasteiger partial charge in [0.15, 0.2) is 0 Å². The highest BCUT2D eigenvalue weighted by molar-refractivity contribution is 7.92. The van der Waals surface area contributed by atoms with E-state index in [-0.39, 0.29) is 18.5 Å². The lowest BCUT2D eigenvalue weighted by Gasteiger charge is -2.34. The molecule has 0 unspecified atom stereocenters. The minimum atomic E-state index is -3.79. The van der Waals surface area contributed by atoms with Crippen LogP contribution in [0, 0.1) is 6.92 Å². The monoisotopic (exact) mass is 533 g/mol. The quantitative estimate of drug-likeness (QED) is 0.481. The Morgan fingerprint density at radius 1 is 1.08 bits per heavy atom. The molecule has 0 spiro atoms. The van der Waals surface area contributed by atoms with Gasteiger partial charge in [0.1, 0.15) is 12.6 Å². The van der Waals surface area contributed by atoms with E-state index >= 15 is 0 Å². The minimum absolute atomic E-state index is 0.107. The van der Waals surface area contributed by atoms with Crippen molar-refractivity contribution in [3.8, 4) is 0 Å². The lowest BCUT2D eigenvalue weighted by atomic mass is 9.95. The molecule has 7 nitrogen and oxygen atoms in total. The second-order valence-corrected chi connectivity index (χ2v) is 11.9. The molecule has 36 heavy (non-hydrogen) atoms. The van der Waals surface area contributed by atoms with Crippen LogP contribution in [-0.2, 0) is 26.2 Å². The Morgan fingerprint density at radius 2 is 1.78 bits per heavy atom. The van der Waals surface area contributed by atoms with E-state index in [0.717, 1.165) is 47.4 Å². The average molecular weight is 534 g/mol. The summed E-state index contributed by atoms with van der Waals surface area (Å²) < 4.78 is 26.4. The summed E-state index contributed by atoms with van der Waals surface area (Å²) in [5, 5.41) is 3.51. The highest BCUT2D eigenvalue weighted by Crippen LogP contribution is 2.23. The maximum atomic E-state index is 13.8. The van der Waals surface area contributed by atoms with Crippen LogP contribution in [0.3, 0.4) is 0 Å². The number of sulfonamides is 1. The number of benzene rings is 2. The molecule has 0 bridgehead atoms. The van der Waals surface area contributed by atoms with Crippen molar-refractivity contribution in [2.45, 2.75) is 71.0 Å². The van der Waals surface area contributed by atoms with Crippen molar-refractivity contribution in [1.29, 1.82) is 0 Å². The number of anilines is 1. The minimum Gasteiger partial charge on any atom is -0.352 e. The van der Waals surface area contributed by atoms with Crippen LogP contribution in [0.25, 0.3) is 0 Å². The first-order valence-corrected chi connectivity index (χ1v) is 14.7. The highest BCUT2D eigenvalue weighted by atomic mass is 35.5. The van der Waals surface area contributed by atoms with E-state index in [9.17, 15) is 18.0 Å². The number of nitrogens with zero attached hydrogens (tertiary/aromatic N) is 2. The van der Waals surface area contributed by atoms with Crippen LogP contribution in [-0.4, -0.2) is 50.0 Å². The Balaban J connectivity index is 1.91. The summed E-state index contributed by atoms with van der Waals surface area (Å²) in [6.45, 7) is 3.60. The number of carbonyl (C=O) groups excluding carboxylic acids is 2. The molecule has 1 aliphatic rings. The Bertz CT molecular complexity index is 1170. The van der Waals surface area contributed by atoms with E-state index in [4.69, 9.17) is 11.6 Å². The third-order valence-electron chi connectivity index (χ3n) is 6.55. The number of hydrogen-bond acceptors (Lipinski definition) is 4. The number of amides is 2. The van der Waals surface area contributed by atoms with Gasteiger partial charge in [-0.05, 0) is 49.9 Å². The zero-order chi connectivity index (χ0) is 26.3. The smallest absolute Gasteiger partial charge is 0.244 e. The predicted octanol–water partition coefficient (Wildman–Crippen LogP) is 4.67. The molecule has 1 fully saturated rings. The molecular formula is C27H36ClN3O4S. The van der Waals surface area contributed by atoms with Crippen molar-refractivity contribution in [2.75, 3.05) is 17.1 Å². The van der Waals surface area contributed by atoms with Crippen LogP contribution in [0.15, 0.2) is 48.5 Å². The molecule has 2 aromatic carbocycles. The number of carbonyl (C=O) groups is 2. The summed E-state index contributed by atoms with van der Waals surface area (Å²) in [5.41, 5.74) is 2.21. The van der Waals surface area contributed by atoms with Gasteiger partial charge in [-0.2, -0.15) is 0 Å². The van der Waals surface area contributed by atoms with Crippen LogP contribution in [0.2, 0.25) is 5.02 Å². The molecule has 1 N–H and O–H groups in total. The normalized spacial score (nSPS) is 15.2. The maximum Gasteiger partial charge on any atom is 0.244 e. The molecule has 2 aromatic rings. The number of hydrogen-bond donors (Lipinski definition) is 1. The lowest BCUT2D eigenvalue weighted by Crippen LogP contribution is -2.53. The molecule has 1 saturated carbocycles. The Hall–Kier alpha value is -2.58. The van der Waals surface area contributed by atoms with Gasteiger partial charge in [0.25, 0.3) is 0 Å². The van der Waals surface area contributed by atoms with Gasteiger partial charge < -0.3 is 10.2 Å². The van der Waals surface area contributed by atoms with Gasteiger partial charge >= 0.3 is 0 Å². The van der Waals surface area contributed by atoms with E-state index in [1.807, 2.05) is 38.1 Å². The Kier molecular flexibility index (Phi) is 9.79. The van der Waals surface area contributed by atoms with Crippen LogP contribution in [0.4, 0.5) is 5.69 Å². The van der Waals surface area contributed by atoms with Crippen molar-refractivity contribution in [3.05, 3.63) is 64.7 Å². The number of rotatable bonds is 10. The third kappa shape index (κ3) is 7.71. The first-order chi connectivity index (χ1) is 17.1. The van der Waals surface area contributed by atoms with Crippen molar-refractivity contribution in [1.82, 2.24) is 10.2 Å². The summed E-state index contributed by atoms with van der Waals surface area (Å²) in [4.78, 5) is 28.6. The standard InChI is InChI=1S/C27H36ClN3O4S/c1-4-25(27(33)29-23-13-6-5-7-14-23)30(18-21-11-8-10-20(2)16-21)26(32)19-31(36(3,34)35)24-15-9-12-22(28)17-24/h8-12,15-17,23,25H,4-7,13-14,18-19H2,1-3H3,(H,29,33)/t25-/m0/s1. The van der Waals surface area contributed by atoms with Gasteiger partial charge in [0.2, 0.25) is 21.8 Å². The molecule has 0 aromatic heterocycles. The molecule has 1 aliphatic carbocycles. The first kappa shape index (κ1) is 28.0. The SMILES string of the molecule is CC[C@@H](C(=O)NC1CCCCC1)N(Cc1cccc(C)c1)C(=O)CN(c1cccc(Cl)c1)S(C)(=O)=O. The molecule has 196 valence electrons. The van der Waals surface area contributed by atoms with Crippen LogP contribution in [0.1, 0.15) is 56.6 Å². The fraction of sp³-hybridized carbons (Fsp3) is 0.481. The fourth-order valence-corrected chi connectivity index (χ4v) is 5.74. The van der Waals surface area contributed by atoms with Crippen molar-refractivity contribution in [3.63, 3.8) is 0 Å². The van der Waals surface area contributed by atoms with Gasteiger partial charge in [-0.25, -0.2) is 8.42 Å². The van der Waals surface area contributed by atoms with Crippen LogP contribution >= 0.6 is 11.6 Å². The largest absolute Gasteiger partial charge is 0.352 e. The second-order valence-electron chi connectivity index (χ2n) is 9.53. The molecule has 0 aliphatic heterocycles. The Morgan fingerprint density at radius 3 is 2.39 bits per heavy atom. The molecular weight excluding hydrogens is 498 g/mol. The average Bonchev–Trinajstić information content (AvgIpc) is 2.82. The van der Waals surface area contributed by atoms with Gasteiger partial charge in [-0.3, -0.25) is 13.9 Å². The Labute approximate surface area is 219 Å². The molecule has 3 rings (SSSR count). The number of halogens is 1. The van der Waals surface area contributed by atoms with Crippen LogP contribution < -0.4 is 9.62 Å². The molecule has 0 saturated heterocycles. The maximum absolute atomic E-state index is 13.8. The predicted molar refractivity (Wildman–Crippen MR) is 144 cm³/mol. The topological polar surface area (TPSA) is 86.8 Å². The van der Waals surface area contributed by atoms with E-state index in [1.54, 1.807) is 18.2 Å². The van der Waals surface area contributed by atoms with E-state index < -0.39 is 28.5 Å². The summed E-state index contributed by atoms with van der Waals surface area (Å²) in [6, 6.07) is 13.5. The van der Waals surface area contributed by atoms with Gasteiger partial charge in [-0.15, -0.1) is 0 Å². The molecule has 0 radical (unpaired) electrons. The second kappa shape index (κ2) is 12.6. The summed E-state index contributed by atoms with van der Waals surface area (Å²) >= 11 is 6.10. The number of aryl methyl sites for hydroxylation is 1. The zero-order valence-corrected chi connectivity index (χ0v) is 22.8. The van der Waals surface area contributed by atoms with E-state index in [0.29, 0.717) is 17.1 Å². The first-order valence-electron chi connectivity index (χ1n) is 12.5.